The van der Waals surface area contributed by atoms with Crippen molar-refractivity contribution in [3.63, 3.8) is 0 Å². The van der Waals surface area contributed by atoms with Crippen molar-refractivity contribution in [2.45, 2.75) is 4.90 Å². The number of anilines is 2. The quantitative estimate of drug-likeness (QED) is 0.781. The number of hydrogen-bond acceptors (Lipinski definition) is 3. The lowest BCUT2D eigenvalue weighted by Gasteiger charge is -2.30. The Morgan fingerprint density at radius 3 is 2.61 bits per heavy atom. The van der Waals surface area contributed by atoms with Crippen LogP contribution in [-0.4, -0.2) is 11.7 Å². The second-order valence-electron chi connectivity index (χ2n) is 3.98. The van der Waals surface area contributed by atoms with Crippen LogP contribution in [0.3, 0.4) is 0 Å². The fourth-order valence-corrected chi connectivity index (χ4v) is 3.16. The van der Waals surface area contributed by atoms with Crippen molar-refractivity contribution >= 4 is 39.9 Å². The monoisotopic (exact) mass is 275 g/mol. The van der Waals surface area contributed by atoms with Crippen molar-refractivity contribution in [2.75, 3.05) is 11.4 Å². The second kappa shape index (κ2) is 4.67. The molecule has 2 nitrogen and oxygen atoms in total. The highest BCUT2D eigenvalue weighted by molar-refractivity contribution is 8.14. The van der Waals surface area contributed by atoms with Gasteiger partial charge in [-0.2, -0.15) is 0 Å². The topological polar surface area (TPSA) is 20.3 Å². The summed E-state index contributed by atoms with van der Waals surface area (Å²) < 4.78 is 0. The van der Waals surface area contributed by atoms with Gasteiger partial charge in [0.2, 0.25) is 5.12 Å². The Morgan fingerprint density at radius 2 is 1.83 bits per heavy atom. The number of nitrogens with zero attached hydrogens (tertiary/aromatic N) is 1. The van der Waals surface area contributed by atoms with Crippen LogP contribution < -0.4 is 4.90 Å². The third-order valence-corrected chi connectivity index (χ3v) is 4.22. The number of halogens is 1. The van der Waals surface area contributed by atoms with E-state index in [4.69, 9.17) is 11.6 Å². The number of benzene rings is 2. The zero-order valence-electron chi connectivity index (χ0n) is 9.47. The summed E-state index contributed by atoms with van der Waals surface area (Å²) in [7, 11) is 0. The first kappa shape index (κ1) is 11.6. The zero-order valence-corrected chi connectivity index (χ0v) is 11.0. The van der Waals surface area contributed by atoms with Gasteiger partial charge in [-0.15, -0.1) is 0 Å². The van der Waals surface area contributed by atoms with E-state index in [1.807, 2.05) is 53.4 Å². The summed E-state index contributed by atoms with van der Waals surface area (Å²) in [6, 6.07) is 15.6. The molecule has 0 amide bonds. The molecule has 0 saturated heterocycles. The Balaban J connectivity index is 2.14. The van der Waals surface area contributed by atoms with Crippen LogP contribution in [0.4, 0.5) is 11.4 Å². The van der Waals surface area contributed by atoms with E-state index in [1.165, 1.54) is 11.8 Å². The fraction of sp³-hybridized carbons (Fsp3) is 0.0714. The van der Waals surface area contributed by atoms with Gasteiger partial charge in [0.05, 0.1) is 22.2 Å². The standard InChI is InChI=1S/C14H10ClNOS/c15-11-7-4-8-12-14(11)18-13(17)9-16(12)10-5-2-1-3-6-10/h1-8H,9H2. The summed E-state index contributed by atoms with van der Waals surface area (Å²) in [6.45, 7) is 0.377. The first-order valence-corrected chi connectivity index (χ1v) is 6.77. The lowest BCUT2D eigenvalue weighted by molar-refractivity contribution is -0.109. The van der Waals surface area contributed by atoms with E-state index >= 15 is 0 Å². The van der Waals surface area contributed by atoms with Gasteiger partial charge in [0, 0.05) is 5.69 Å². The Labute approximate surface area is 115 Å². The number of carbonyl (C=O) groups excluding carboxylic acids is 1. The maximum absolute atomic E-state index is 11.8. The lowest BCUT2D eigenvalue weighted by atomic mass is 10.2. The van der Waals surface area contributed by atoms with Crippen LogP contribution in [0.2, 0.25) is 5.02 Å². The minimum atomic E-state index is 0.111. The molecule has 2 aromatic rings. The molecule has 1 heterocycles. The van der Waals surface area contributed by atoms with Gasteiger partial charge < -0.3 is 4.90 Å². The molecule has 0 fully saturated rings. The lowest BCUT2D eigenvalue weighted by Crippen LogP contribution is -2.27. The molecule has 0 radical (unpaired) electrons. The zero-order chi connectivity index (χ0) is 12.5. The average molecular weight is 276 g/mol. The van der Waals surface area contributed by atoms with Gasteiger partial charge in [-0.3, -0.25) is 4.79 Å². The molecule has 3 rings (SSSR count). The number of thioether (sulfide) groups is 1. The number of carbonyl (C=O) groups is 1. The normalized spacial score (nSPS) is 14.5. The van der Waals surface area contributed by atoms with Gasteiger partial charge >= 0.3 is 0 Å². The Kier molecular flexibility index (Phi) is 3.02. The maximum Gasteiger partial charge on any atom is 0.213 e. The van der Waals surface area contributed by atoms with E-state index in [1.54, 1.807) is 0 Å². The van der Waals surface area contributed by atoms with E-state index in [9.17, 15) is 4.79 Å². The Hall–Kier alpha value is -1.45. The molecule has 4 heteroatoms. The molecule has 90 valence electrons. The summed E-state index contributed by atoms with van der Waals surface area (Å²) in [5.74, 6) is 0. The average Bonchev–Trinajstić information content (AvgIpc) is 2.40. The van der Waals surface area contributed by atoms with Crippen LogP contribution in [0.15, 0.2) is 53.4 Å². The molecule has 1 aliphatic heterocycles. The van der Waals surface area contributed by atoms with Gasteiger partial charge in [0.15, 0.2) is 0 Å². The van der Waals surface area contributed by atoms with E-state index in [-0.39, 0.29) is 5.12 Å². The second-order valence-corrected chi connectivity index (χ2v) is 5.46. The van der Waals surface area contributed by atoms with Gasteiger partial charge in [0.1, 0.15) is 0 Å². The third kappa shape index (κ3) is 2.00. The van der Waals surface area contributed by atoms with Gasteiger partial charge in [-0.25, -0.2) is 0 Å². The van der Waals surface area contributed by atoms with E-state index in [0.717, 1.165) is 16.3 Å². The van der Waals surface area contributed by atoms with Crippen LogP contribution in [0, 0.1) is 0 Å². The molecular weight excluding hydrogens is 266 g/mol. The highest BCUT2D eigenvalue weighted by atomic mass is 35.5. The number of rotatable bonds is 1. The molecular formula is C14H10ClNOS. The van der Waals surface area contributed by atoms with Crippen molar-refractivity contribution in [3.8, 4) is 0 Å². The molecule has 0 saturated carbocycles. The highest BCUT2D eigenvalue weighted by Gasteiger charge is 2.25. The van der Waals surface area contributed by atoms with E-state index in [2.05, 4.69) is 0 Å². The Morgan fingerprint density at radius 1 is 1.06 bits per heavy atom. The maximum atomic E-state index is 11.8. The molecule has 0 bridgehead atoms. The van der Waals surface area contributed by atoms with Gasteiger partial charge in [-0.05, 0) is 36.0 Å². The van der Waals surface area contributed by atoms with Gasteiger partial charge in [0.25, 0.3) is 0 Å². The van der Waals surface area contributed by atoms with Crippen LogP contribution in [0.1, 0.15) is 0 Å². The first-order valence-electron chi connectivity index (χ1n) is 5.57. The number of para-hydroxylation sites is 1. The molecule has 0 atom stereocenters. The van der Waals surface area contributed by atoms with Gasteiger partial charge in [-0.1, -0.05) is 35.9 Å². The summed E-state index contributed by atoms with van der Waals surface area (Å²) in [5, 5.41) is 0.742. The minimum Gasteiger partial charge on any atom is -0.332 e. The van der Waals surface area contributed by atoms with Crippen LogP contribution in [0.25, 0.3) is 0 Å². The summed E-state index contributed by atoms with van der Waals surface area (Å²) >= 11 is 7.38. The van der Waals surface area contributed by atoms with Crippen molar-refractivity contribution < 1.29 is 4.79 Å². The minimum absolute atomic E-state index is 0.111. The van der Waals surface area contributed by atoms with Crippen LogP contribution in [-0.2, 0) is 4.79 Å². The largest absolute Gasteiger partial charge is 0.332 e. The number of fused-ring (bicyclic) bond motifs is 1. The smallest absolute Gasteiger partial charge is 0.213 e. The van der Waals surface area contributed by atoms with Crippen molar-refractivity contribution in [1.29, 1.82) is 0 Å². The predicted octanol–water partition coefficient (Wildman–Crippen LogP) is 4.11. The summed E-state index contributed by atoms with van der Waals surface area (Å²) in [6.07, 6.45) is 0. The first-order chi connectivity index (χ1) is 8.75. The van der Waals surface area contributed by atoms with Crippen molar-refractivity contribution in [3.05, 3.63) is 53.6 Å². The summed E-state index contributed by atoms with van der Waals surface area (Å²) in [4.78, 5) is 14.7. The molecule has 0 aromatic heterocycles. The van der Waals surface area contributed by atoms with Crippen molar-refractivity contribution in [2.24, 2.45) is 0 Å². The van der Waals surface area contributed by atoms with Crippen molar-refractivity contribution in [1.82, 2.24) is 0 Å². The molecule has 1 aliphatic rings. The van der Waals surface area contributed by atoms with E-state index < -0.39 is 0 Å². The molecule has 0 aliphatic carbocycles. The highest BCUT2D eigenvalue weighted by Crippen LogP contribution is 2.43. The SMILES string of the molecule is O=C1CN(c2ccccc2)c2cccc(Cl)c2S1. The molecule has 18 heavy (non-hydrogen) atoms. The predicted molar refractivity (Wildman–Crippen MR) is 75.8 cm³/mol. The molecule has 2 aromatic carbocycles. The van der Waals surface area contributed by atoms with E-state index in [0.29, 0.717) is 11.6 Å². The molecule has 0 spiro atoms. The summed E-state index contributed by atoms with van der Waals surface area (Å²) in [5.41, 5.74) is 2.01. The van der Waals surface area contributed by atoms with Crippen LogP contribution >= 0.6 is 23.4 Å². The Bertz CT molecular complexity index is 600. The fourth-order valence-electron chi connectivity index (χ4n) is 2.01. The third-order valence-electron chi connectivity index (χ3n) is 2.81. The van der Waals surface area contributed by atoms with Crippen LogP contribution in [0.5, 0.6) is 0 Å². The molecule has 0 N–H and O–H groups in total. The molecule has 0 unspecified atom stereocenters. The number of hydrogen-bond donors (Lipinski definition) is 0.